The van der Waals surface area contributed by atoms with Gasteiger partial charge in [0, 0.05) is 21.8 Å². The molecule has 2 atom stereocenters. The van der Waals surface area contributed by atoms with Crippen molar-refractivity contribution in [1.82, 2.24) is 0 Å². The largest absolute Gasteiger partial charge is 0.411 e. The normalized spacial score (nSPS) is 16.3. The third-order valence-electron chi connectivity index (χ3n) is 1.72. The molecular weight excluding hydrogens is 231 g/mol. The van der Waals surface area contributed by atoms with Crippen LogP contribution in [0.5, 0.6) is 0 Å². The number of hydrogen-bond acceptors (Lipinski definition) is 3. The van der Waals surface area contributed by atoms with Crippen molar-refractivity contribution >= 4 is 10.8 Å². The lowest BCUT2D eigenvalue weighted by Gasteiger charge is -2.11. The van der Waals surface area contributed by atoms with E-state index < -0.39 is 23.6 Å². The second-order valence-electron chi connectivity index (χ2n) is 3.14. The topological polar surface area (TPSA) is 52.3 Å². The lowest BCUT2D eigenvalue weighted by molar-refractivity contribution is -0.172. The van der Waals surface area contributed by atoms with Gasteiger partial charge in [-0.2, -0.15) is 13.2 Å². The van der Waals surface area contributed by atoms with Gasteiger partial charge in [-0.15, -0.1) is 0 Å². The zero-order chi connectivity index (χ0) is 11.9. The maximum Gasteiger partial charge on any atom is 0.411 e. The van der Waals surface area contributed by atoms with E-state index in [1.165, 1.54) is 0 Å². The van der Waals surface area contributed by atoms with Crippen molar-refractivity contribution in [3.05, 3.63) is 0 Å². The van der Waals surface area contributed by atoms with E-state index in [9.17, 15) is 17.4 Å². The highest BCUT2D eigenvalue weighted by Gasteiger charge is 2.27. The summed E-state index contributed by atoms with van der Waals surface area (Å²) in [5.74, 6) is 0.122. The second kappa shape index (κ2) is 7.19. The summed E-state index contributed by atoms with van der Waals surface area (Å²) in [6, 6.07) is 0. The SMILES string of the molecule is CC(CCN)S(=O)CCOCC(F)(F)F. The molecule has 0 radical (unpaired) electrons. The quantitative estimate of drug-likeness (QED) is 0.684. The first-order valence-corrected chi connectivity index (χ1v) is 5.96. The highest BCUT2D eigenvalue weighted by atomic mass is 32.2. The molecule has 0 amide bonds. The van der Waals surface area contributed by atoms with Crippen molar-refractivity contribution in [3.63, 3.8) is 0 Å². The summed E-state index contributed by atoms with van der Waals surface area (Å²) in [6.07, 6.45) is -3.71. The molecule has 0 saturated carbocycles. The molecule has 15 heavy (non-hydrogen) atoms. The van der Waals surface area contributed by atoms with Crippen LogP contribution in [0.1, 0.15) is 13.3 Å². The molecule has 0 aromatic rings. The summed E-state index contributed by atoms with van der Waals surface area (Å²) >= 11 is 0. The van der Waals surface area contributed by atoms with Gasteiger partial charge in [0.05, 0.1) is 6.61 Å². The Morgan fingerprint density at radius 2 is 2.07 bits per heavy atom. The predicted molar refractivity (Wildman–Crippen MR) is 53.0 cm³/mol. The van der Waals surface area contributed by atoms with Crippen LogP contribution >= 0.6 is 0 Å². The zero-order valence-electron chi connectivity index (χ0n) is 8.55. The van der Waals surface area contributed by atoms with Crippen LogP contribution in [0.25, 0.3) is 0 Å². The lowest BCUT2D eigenvalue weighted by atomic mass is 10.3. The molecule has 0 aromatic heterocycles. The van der Waals surface area contributed by atoms with Crippen LogP contribution in [0, 0.1) is 0 Å². The maximum atomic E-state index is 11.6. The van der Waals surface area contributed by atoms with Crippen molar-refractivity contribution in [2.45, 2.75) is 24.8 Å². The molecule has 7 heteroatoms. The van der Waals surface area contributed by atoms with E-state index in [0.717, 1.165) is 0 Å². The van der Waals surface area contributed by atoms with Gasteiger partial charge in [-0.05, 0) is 13.0 Å². The van der Waals surface area contributed by atoms with E-state index in [2.05, 4.69) is 4.74 Å². The summed E-state index contributed by atoms with van der Waals surface area (Å²) in [7, 11) is -1.17. The van der Waals surface area contributed by atoms with Gasteiger partial charge in [0.2, 0.25) is 0 Å². The summed E-state index contributed by atoms with van der Waals surface area (Å²) in [5, 5.41) is -0.0931. The van der Waals surface area contributed by atoms with Gasteiger partial charge in [-0.25, -0.2) is 0 Å². The van der Waals surface area contributed by atoms with Crippen LogP contribution < -0.4 is 5.73 Å². The highest BCUT2D eigenvalue weighted by Crippen LogP contribution is 2.14. The Bertz CT molecular complexity index is 199. The smallest absolute Gasteiger partial charge is 0.371 e. The van der Waals surface area contributed by atoms with Gasteiger partial charge in [-0.1, -0.05) is 6.92 Å². The average Bonchev–Trinajstić information content (AvgIpc) is 2.11. The van der Waals surface area contributed by atoms with Gasteiger partial charge >= 0.3 is 6.18 Å². The molecule has 0 spiro atoms. The van der Waals surface area contributed by atoms with Crippen LogP contribution in [0.2, 0.25) is 0 Å². The molecule has 92 valence electrons. The molecule has 0 fully saturated rings. The van der Waals surface area contributed by atoms with Crippen molar-refractivity contribution in [2.75, 3.05) is 25.5 Å². The predicted octanol–water partition coefficient (Wildman–Crippen LogP) is 1.05. The van der Waals surface area contributed by atoms with Crippen molar-refractivity contribution < 1.29 is 22.1 Å². The van der Waals surface area contributed by atoms with E-state index in [1.54, 1.807) is 6.92 Å². The first-order chi connectivity index (χ1) is 6.87. The van der Waals surface area contributed by atoms with Crippen LogP contribution in [0.15, 0.2) is 0 Å². The fraction of sp³-hybridized carbons (Fsp3) is 1.00. The minimum Gasteiger partial charge on any atom is -0.371 e. The van der Waals surface area contributed by atoms with Gasteiger partial charge in [0.15, 0.2) is 0 Å². The average molecular weight is 247 g/mol. The summed E-state index contributed by atoms with van der Waals surface area (Å²) in [6.45, 7) is 0.763. The molecule has 2 unspecified atom stereocenters. The fourth-order valence-corrected chi connectivity index (χ4v) is 1.98. The number of nitrogens with two attached hydrogens (primary N) is 1. The Balaban J connectivity index is 3.55. The number of halogens is 3. The number of ether oxygens (including phenoxy) is 1. The maximum absolute atomic E-state index is 11.6. The van der Waals surface area contributed by atoms with Crippen molar-refractivity contribution in [2.24, 2.45) is 5.73 Å². The molecular formula is C8H16F3NO2S. The molecule has 0 aliphatic carbocycles. The molecule has 3 nitrogen and oxygen atoms in total. The minimum absolute atomic E-state index is 0.0931. The summed E-state index contributed by atoms with van der Waals surface area (Å²) in [5.41, 5.74) is 5.26. The Morgan fingerprint density at radius 1 is 1.47 bits per heavy atom. The van der Waals surface area contributed by atoms with Crippen LogP contribution in [0.4, 0.5) is 13.2 Å². The Kier molecular flexibility index (Phi) is 7.12. The third kappa shape index (κ3) is 8.83. The van der Waals surface area contributed by atoms with Crippen molar-refractivity contribution in [3.8, 4) is 0 Å². The minimum atomic E-state index is -4.32. The standard InChI is InChI=1S/C8H16F3NO2S/c1-7(2-3-12)15(13)5-4-14-6-8(9,10)11/h7H,2-6,12H2,1H3. The molecule has 2 N–H and O–H groups in total. The summed E-state index contributed by atoms with van der Waals surface area (Å²) in [4.78, 5) is 0. The molecule has 0 saturated heterocycles. The van der Waals surface area contributed by atoms with E-state index in [0.29, 0.717) is 13.0 Å². The van der Waals surface area contributed by atoms with Crippen LogP contribution in [-0.4, -0.2) is 41.1 Å². The molecule has 0 heterocycles. The Hall–Kier alpha value is -0.140. The van der Waals surface area contributed by atoms with Gasteiger partial charge in [-0.3, -0.25) is 4.21 Å². The first kappa shape index (κ1) is 14.9. The fourth-order valence-electron chi connectivity index (χ4n) is 0.896. The lowest BCUT2D eigenvalue weighted by Crippen LogP contribution is -2.23. The third-order valence-corrected chi connectivity index (χ3v) is 3.42. The molecule has 0 aliphatic rings. The second-order valence-corrected chi connectivity index (χ2v) is 5.12. The molecule has 0 aromatic carbocycles. The van der Waals surface area contributed by atoms with E-state index in [1.807, 2.05) is 0 Å². The highest BCUT2D eigenvalue weighted by molar-refractivity contribution is 7.85. The Morgan fingerprint density at radius 3 is 2.53 bits per heavy atom. The number of hydrogen-bond donors (Lipinski definition) is 1. The molecule has 0 rings (SSSR count). The van der Waals surface area contributed by atoms with Crippen molar-refractivity contribution in [1.29, 1.82) is 0 Å². The van der Waals surface area contributed by atoms with Gasteiger partial charge < -0.3 is 10.5 Å². The monoisotopic (exact) mass is 247 g/mol. The van der Waals surface area contributed by atoms with Crippen LogP contribution in [-0.2, 0) is 15.5 Å². The zero-order valence-corrected chi connectivity index (χ0v) is 9.37. The number of rotatable bonds is 7. The summed E-state index contributed by atoms with van der Waals surface area (Å²) < 4.78 is 50.6. The first-order valence-electron chi connectivity index (χ1n) is 4.58. The number of alkyl halides is 3. The van der Waals surface area contributed by atoms with Crippen LogP contribution in [0.3, 0.4) is 0 Å². The van der Waals surface area contributed by atoms with E-state index in [-0.39, 0.29) is 17.6 Å². The van der Waals surface area contributed by atoms with Gasteiger partial charge in [0.25, 0.3) is 0 Å². The molecule has 0 aliphatic heterocycles. The van der Waals surface area contributed by atoms with Gasteiger partial charge in [0.1, 0.15) is 6.61 Å². The van der Waals surface area contributed by atoms with E-state index >= 15 is 0 Å². The molecule has 0 bridgehead atoms. The van der Waals surface area contributed by atoms with E-state index in [4.69, 9.17) is 5.73 Å². The Labute approximate surface area is 89.6 Å².